The third-order valence-electron chi connectivity index (χ3n) is 4.44. The predicted octanol–water partition coefficient (Wildman–Crippen LogP) is 2.36. The van der Waals surface area contributed by atoms with Gasteiger partial charge in [0.2, 0.25) is 0 Å². The van der Waals surface area contributed by atoms with Crippen molar-refractivity contribution in [3.8, 4) is 0 Å². The van der Waals surface area contributed by atoms with Crippen LogP contribution in [-0.2, 0) is 42.9 Å². The van der Waals surface area contributed by atoms with Gasteiger partial charge < -0.3 is 34.3 Å². The summed E-state index contributed by atoms with van der Waals surface area (Å²) in [5.74, 6) is -2.83. The normalized spacial score (nSPS) is 23.4. The van der Waals surface area contributed by atoms with E-state index in [1.165, 1.54) is 13.0 Å². The summed E-state index contributed by atoms with van der Waals surface area (Å²) >= 11 is 17.4. The second-order valence-corrected chi connectivity index (χ2v) is 8.59. The molecular weight excluding hydrogens is 527 g/mol. The molecule has 1 saturated heterocycles. The van der Waals surface area contributed by atoms with Crippen molar-refractivity contribution >= 4 is 70.1 Å². The largest absolute Gasteiger partial charge is 0.463 e. The number of anilines is 1. The first-order valence-corrected chi connectivity index (χ1v) is 11.4. The maximum Gasteiger partial charge on any atom is 0.303 e. The summed E-state index contributed by atoms with van der Waals surface area (Å²) in [6.07, 6.45) is -6.24. The summed E-state index contributed by atoms with van der Waals surface area (Å²) in [5, 5.41) is 6.36. The van der Waals surface area contributed by atoms with Gasteiger partial charge in [-0.05, 0) is 30.4 Å². The van der Waals surface area contributed by atoms with E-state index in [1.54, 1.807) is 12.1 Å². The fourth-order valence-corrected chi connectivity index (χ4v) is 3.90. The van der Waals surface area contributed by atoms with Gasteiger partial charge in [-0.25, -0.2) is 0 Å². The molecule has 192 valence electrons. The highest BCUT2D eigenvalue weighted by Crippen LogP contribution is 2.29. The lowest BCUT2D eigenvalue weighted by molar-refractivity contribution is -0.254. The standard InChI is InChI=1S/C21H24Cl2N2O9S/c1-9(26)30-8-16-17(31-10(2)27)18(32-11(3)28)19(33-12(4)29)20(34-16)25-21(35)24-15-6-5-13(22)7-14(15)23/h5-7,16-20H,8H2,1-4H3,(H2,24,25,35)/t16-,17-,18+,19-,20-/m1/s1. The molecule has 2 N–H and O–H groups in total. The Balaban J connectivity index is 2.37. The maximum atomic E-state index is 11.9. The zero-order chi connectivity index (χ0) is 26.3. The van der Waals surface area contributed by atoms with Crippen LogP contribution in [0.15, 0.2) is 18.2 Å². The van der Waals surface area contributed by atoms with E-state index in [0.29, 0.717) is 10.7 Å². The van der Waals surface area contributed by atoms with Crippen molar-refractivity contribution in [2.75, 3.05) is 11.9 Å². The van der Waals surface area contributed by atoms with Gasteiger partial charge in [-0.1, -0.05) is 23.2 Å². The molecule has 2 rings (SSSR count). The van der Waals surface area contributed by atoms with E-state index < -0.39 is 54.5 Å². The fourth-order valence-electron chi connectivity index (χ4n) is 3.22. The highest BCUT2D eigenvalue weighted by Gasteiger charge is 2.52. The number of thiocarbonyl (C=S) groups is 1. The van der Waals surface area contributed by atoms with Crippen LogP contribution in [0.3, 0.4) is 0 Å². The molecule has 1 aromatic carbocycles. The lowest BCUT2D eigenvalue weighted by Crippen LogP contribution is -2.66. The molecule has 1 aromatic rings. The Kier molecular flexibility index (Phi) is 10.5. The molecule has 0 amide bonds. The van der Waals surface area contributed by atoms with Crippen LogP contribution in [0.25, 0.3) is 0 Å². The summed E-state index contributed by atoms with van der Waals surface area (Å²) in [6, 6.07) is 4.68. The molecule has 0 aliphatic carbocycles. The number of ether oxygens (including phenoxy) is 5. The van der Waals surface area contributed by atoms with Gasteiger partial charge >= 0.3 is 23.9 Å². The number of nitrogens with one attached hydrogen (secondary N) is 2. The lowest BCUT2D eigenvalue weighted by Gasteiger charge is -2.44. The number of esters is 4. The van der Waals surface area contributed by atoms with Crippen molar-refractivity contribution in [2.24, 2.45) is 0 Å². The first kappa shape index (κ1) is 28.6. The highest BCUT2D eigenvalue weighted by molar-refractivity contribution is 7.80. The van der Waals surface area contributed by atoms with E-state index >= 15 is 0 Å². The topological polar surface area (TPSA) is 138 Å². The summed E-state index contributed by atoms with van der Waals surface area (Å²) in [4.78, 5) is 46.9. The van der Waals surface area contributed by atoms with Crippen LogP contribution in [0.5, 0.6) is 0 Å². The Morgan fingerprint density at radius 3 is 2.03 bits per heavy atom. The smallest absolute Gasteiger partial charge is 0.303 e. The first-order chi connectivity index (χ1) is 16.4. The number of carbonyl (C=O) groups excluding carboxylic acids is 4. The lowest BCUT2D eigenvalue weighted by atomic mass is 9.97. The Bertz CT molecular complexity index is 994. The molecule has 5 atom stereocenters. The van der Waals surface area contributed by atoms with Gasteiger partial charge in [0.25, 0.3) is 0 Å². The average molecular weight is 551 g/mol. The van der Waals surface area contributed by atoms with Crippen LogP contribution in [-0.4, -0.2) is 66.2 Å². The predicted molar refractivity (Wildman–Crippen MR) is 128 cm³/mol. The van der Waals surface area contributed by atoms with E-state index in [0.717, 1.165) is 20.8 Å². The highest BCUT2D eigenvalue weighted by atomic mass is 35.5. The molecular formula is C21H24Cl2N2O9S. The number of hydrogen-bond acceptors (Lipinski definition) is 10. The van der Waals surface area contributed by atoms with Gasteiger partial charge in [-0.2, -0.15) is 0 Å². The number of halogens is 2. The minimum absolute atomic E-state index is 0.00452. The number of benzene rings is 1. The van der Waals surface area contributed by atoms with Crippen molar-refractivity contribution in [3.05, 3.63) is 28.2 Å². The summed E-state index contributed by atoms with van der Waals surface area (Å²) in [5.41, 5.74) is 0.416. The van der Waals surface area contributed by atoms with Crippen LogP contribution in [0, 0.1) is 0 Å². The minimum atomic E-state index is -1.32. The van der Waals surface area contributed by atoms with Crippen molar-refractivity contribution in [3.63, 3.8) is 0 Å². The third kappa shape index (κ3) is 8.80. The molecule has 0 bridgehead atoms. The fraction of sp³-hybridized carbons (Fsp3) is 0.476. The molecule has 11 nitrogen and oxygen atoms in total. The van der Waals surface area contributed by atoms with Gasteiger partial charge in [-0.15, -0.1) is 0 Å². The van der Waals surface area contributed by atoms with Gasteiger partial charge in [0.1, 0.15) is 12.7 Å². The van der Waals surface area contributed by atoms with E-state index in [-0.39, 0.29) is 16.7 Å². The van der Waals surface area contributed by atoms with E-state index in [1.807, 2.05) is 0 Å². The SMILES string of the molecule is CC(=O)OC[C@H]1O[C@@H](NC(=S)Nc2ccc(Cl)cc2Cl)[C@H](OC(C)=O)[C@@H](OC(C)=O)[C@@H]1OC(C)=O. The van der Waals surface area contributed by atoms with E-state index in [9.17, 15) is 19.2 Å². The molecule has 14 heteroatoms. The summed E-state index contributed by atoms with van der Waals surface area (Å²) in [6.45, 7) is 4.22. The molecule has 0 unspecified atom stereocenters. The minimum Gasteiger partial charge on any atom is -0.463 e. The summed E-state index contributed by atoms with van der Waals surface area (Å²) in [7, 11) is 0. The van der Waals surface area contributed by atoms with Crippen molar-refractivity contribution in [2.45, 2.75) is 58.3 Å². The molecule has 0 spiro atoms. The monoisotopic (exact) mass is 550 g/mol. The molecule has 1 heterocycles. The molecule has 0 saturated carbocycles. The Morgan fingerprint density at radius 1 is 0.914 bits per heavy atom. The van der Waals surface area contributed by atoms with Crippen molar-refractivity contribution in [1.82, 2.24) is 5.32 Å². The van der Waals surface area contributed by atoms with Gasteiger partial charge in [-0.3, -0.25) is 19.2 Å². The van der Waals surface area contributed by atoms with Crippen LogP contribution in [0.1, 0.15) is 27.7 Å². The van der Waals surface area contributed by atoms with Crippen LogP contribution in [0.2, 0.25) is 10.0 Å². The average Bonchev–Trinajstić information content (AvgIpc) is 2.72. The molecule has 1 fully saturated rings. The second kappa shape index (κ2) is 12.9. The quantitative estimate of drug-likeness (QED) is 0.292. The van der Waals surface area contributed by atoms with Gasteiger partial charge in [0.05, 0.1) is 10.7 Å². The summed E-state index contributed by atoms with van der Waals surface area (Å²) < 4.78 is 27.0. The molecule has 1 aliphatic heterocycles. The third-order valence-corrected chi connectivity index (χ3v) is 5.21. The van der Waals surface area contributed by atoms with Gasteiger partial charge in [0.15, 0.2) is 29.7 Å². The van der Waals surface area contributed by atoms with E-state index in [4.69, 9.17) is 59.1 Å². The maximum absolute atomic E-state index is 11.9. The van der Waals surface area contributed by atoms with Crippen LogP contribution < -0.4 is 10.6 Å². The Hall–Kier alpha value is -2.67. The molecule has 35 heavy (non-hydrogen) atoms. The van der Waals surface area contributed by atoms with Crippen molar-refractivity contribution < 1.29 is 42.9 Å². The zero-order valence-corrected chi connectivity index (χ0v) is 21.5. The molecule has 0 aromatic heterocycles. The Labute approximate surface area is 216 Å². The molecule has 1 aliphatic rings. The number of carbonyl (C=O) groups is 4. The van der Waals surface area contributed by atoms with E-state index in [2.05, 4.69) is 10.6 Å². The number of rotatable bonds is 7. The second-order valence-electron chi connectivity index (χ2n) is 7.34. The Morgan fingerprint density at radius 2 is 1.49 bits per heavy atom. The van der Waals surface area contributed by atoms with Crippen LogP contribution >= 0.6 is 35.4 Å². The van der Waals surface area contributed by atoms with Gasteiger partial charge in [0, 0.05) is 32.7 Å². The van der Waals surface area contributed by atoms with Crippen molar-refractivity contribution in [1.29, 1.82) is 0 Å². The van der Waals surface area contributed by atoms with Crippen LogP contribution in [0.4, 0.5) is 5.69 Å². The number of hydrogen-bond donors (Lipinski definition) is 2. The zero-order valence-electron chi connectivity index (χ0n) is 19.2. The first-order valence-electron chi connectivity index (χ1n) is 10.2. The molecule has 0 radical (unpaired) electrons.